The Morgan fingerprint density at radius 3 is 0.475 bits per heavy atom. The summed E-state index contributed by atoms with van der Waals surface area (Å²) in [6.07, 6.45) is 0. The molecule has 0 bridgehead atoms. The normalized spacial score (nSPS) is 13.3. The van der Waals surface area contributed by atoms with E-state index in [4.69, 9.17) is 68.0 Å². The van der Waals surface area contributed by atoms with E-state index in [2.05, 4.69) is 0 Å². The van der Waals surface area contributed by atoms with E-state index in [9.17, 15) is 0 Å². The molecule has 1 aliphatic rings. The molecule has 0 saturated carbocycles. The quantitative estimate of drug-likeness (QED) is 0.167. The Kier molecular flexibility index (Phi) is 103. The van der Waals surface area contributed by atoms with Crippen LogP contribution in [0.15, 0.2) is 0 Å². The standard InChI is InChI=1S/C12H24O6.4C2H4O2.2Cu.4H2O/c1-2-14-5-6-16-9-10-18-12-11-17-8-7-15-4-3-13-1;4*1-2(3)4;;;;;;/h1-12H2;4*1H3,(H,3,4);;;4*1H2/q;;;;;2*+2;;;;/p-2. The van der Waals surface area contributed by atoms with Crippen LogP contribution in [0.25, 0.3) is 0 Å². The smallest absolute Gasteiger partial charge is 0.550 e. The zero-order valence-electron chi connectivity index (χ0n) is 23.0. The first kappa shape index (κ1) is 66.7. The minimum Gasteiger partial charge on any atom is -0.550 e. The maximum absolute atomic E-state index is 8.89. The Morgan fingerprint density at radius 1 is 0.375 bits per heavy atom. The molecule has 254 valence electrons. The Morgan fingerprint density at radius 2 is 0.425 bits per heavy atom. The third-order valence-corrected chi connectivity index (χ3v) is 2.23. The van der Waals surface area contributed by atoms with Gasteiger partial charge in [0.25, 0.3) is 0 Å². The van der Waals surface area contributed by atoms with Crippen LogP contribution in [0.4, 0.5) is 0 Å². The summed E-state index contributed by atoms with van der Waals surface area (Å²) in [4.78, 5) is 35.6. The molecule has 1 saturated heterocycles. The van der Waals surface area contributed by atoms with Gasteiger partial charge in [0.05, 0.1) is 79.3 Å². The molecule has 0 spiro atoms. The van der Waals surface area contributed by atoms with Crippen molar-refractivity contribution in [1.82, 2.24) is 0 Å². The molecule has 18 nitrogen and oxygen atoms in total. The molecule has 0 amide bonds. The third-order valence-electron chi connectivity index (χ3n) is 2.23. The van der Waals surface area contributed by atoms with Crippen LogP contribution >= 0.6 is 0 Å². The number of rotatable bonds is 0. The Hall–Kier alpha value is -1.48. The second kappa shape index (κ2) is 61.5. The summed E-state index contributed by atoms with van der Waals surface area (Å²) >= 11 is 0. The van der Waals surface area contributed by atoms with E-state index in [-0.39, 0.29) is 56.0 Å². The van der Waals surface area contributed by atoms with Gasteiger partial charge in [-0.25, -0.2) is 0 Å². The number of carbonyl (C=O) groups is 4. The van der Waals surface area contributed by atoms with E-state index >= 15 is 0 Å². The van der Waals surface area contributed by atoms with Crippen molar-refractivity contribution in [3.05, 3.63) is 0 Å². The van der Waals surface area contributed by atoms with Crippen molar-refractivity contribution in [2.24, 2.45) is 0 Å². The molecule has 0 aliphatic carbocycles. The first-order valence-electron chi connectivity index (χ1n) is 10.1. The molecular weight excluding hydrogens is 655 g/mol. The van der Waals surface area contributed by atoms with E-state index in [1.54, 1.807) is 0 Å². The summed E-state index contributed by atoms with van der Waals surface area (Å²) < 4.78 is 32.0. The van der Waals surface area contributed by atoms with Crippen molar-refractivity contribution in [3.8, 4) is 0 Å². The number of carbonyl (C=O) groups excluding carboxylic acids is 4. The van der Waals surface area contributed by atoms with Crippen LogP contribution in [-0.2, 0) is 92.7 Å². The van der Waals surface area contributed by atoms with Crippen LogP contribution in [0.2, 0.25) is 0 Å². The Balaban J connectivity index is -0.0000000432. The molecule has 1 aliphatic heterocycles. The molecule has 0 atom stereocenters. The summed E-state index contributed by atoms with van der Waals surface area (Å²) in [5.41, 5.74) is 0. The van der Waals surface area contributed by atoms with Crippen molar-refractivity contribution in [2.45, 2.75) is 27.7 Å². The second-order valence-corrected chi connectivity index (χ2v) is 5.64. The molecular formula is C20H46Cu2O18+2. The van der Waals surface area contributed by atoms with E-state index in [0.29, 0.717) is 79.3 Å². The van der Waals surface area contributed by atoms with Crippen molar-refractivity contribution in [3.63, 3.8) is 0 Å². The van der Waals surface area contributed by atoms with Gasteiger partial charge in [-0.15, -0.1) is 0 Å². The largest absolute Gasteiger partial charge is 2.00 e. The van der Waals surface area contributed by atoms with Crippen LogP contribution in [0.1, 0.15) is 27.7 Å². The summed E-state index contributed by atoms with van der Waals surface area (Å²) in [6.45, 7) is 10.9. The predicted octanol–water partition coefficient (Wildman–Crippen LogP) is -8.37. The maximum Gasteiger partial charge on any atom is 2.00 e. The minimum absolute atomic E-state index is 0. The fraction of sp³-hybridized carbons (Fsp3) is 0.800. The van der Waals surface area contributed by atoms with Crippen LogP contribution in [-0.4, -0.2) is 114 Å². The summed E-state index contributed by atoms with van der Waals surface area (Å²) in [6, 6.07) is 0. The van der Waals surface area contributed by atoms with Crippen molar-refractivity contribution >= 4 is 23.9 Å². The van der Waals surface area contributed by atoms with Gasteiger partial charge in [-0.05, 0) is 27.7 Å². The molecule has 0 unspecified atom stereocenters. The van der Waals surface area contributed by atoms with Crippen molar-refractivity contribution < 1.29 is 124 Å². The van der Waals surface area contributed by atoms with Gasteiger partial charge in [0, 0.05) is 23.9 Å². The predicted molar refractivity (Wildman–Crippen MR) is 125 cm³/mol. The number of ether oxygens (including phenoxy) is 6. The fourth-order valence-corrected chi connectivity index (χ4v) is 1.32. The van der Waals surface area contributed by atoms with E-state index < -0.39 is 23.9 Å². The Bertz CT molecular complexity index is 347. The van der Waals surface area contributed by atoms with Crippen LogP contribution in [0, 0.1) is 0 Å². The Labute approximate surface area is 254 Å². The van der Waals surface area contributed by atoms with Crippen LogP contribution < -0.4 is 20.4 Å². The average Bonchev–Trinajstić information content (AvgIpc) is 2.66. The van der Waals surface area contributed by atoms with E-state index in [0.717, 1.165) is 27.7 Å². The van der Waals surface area contributed by atoms with Crippen LogP contribution in [0.3, 0.4) is 0 Å². The SMILES string of the molecule is C1COCCOCCOCCOCCOCCO1.CC(=O)[O-].CC(=O)[O-].CC(=O)[O-].CC(=O)[O-].O.O.[Cu+2].[Cu+2].[OH3+].[OH3+]. The van der Waals surface area contributed by atoms with Gasteiger partial charge >= 0.3 is 34.1 Å². The molecule has 2 radical (unpaired) electrons. The topological polar surface area (TPSA) is 345 Å². The summed E-state index contributed by atoms with van der Waals surface area (Å²) in [5, 5.41) is 35.6. The average molecular weight is 702 g/mol. The first-order valence-corrected chi connectivity index (χ1v) is 10.1. The molecule has 0 aromatic rings. The van der Waals surface area contributed by atoms with Gasteiger partial charge in [0.2, 0.25) is 0 Å². The first-order chi connectivity index (χ1) is 15.9. The number of carboxylic acids is 4. The summed E-state index contributed by atoms with van der Waals surface area (Å²) in [5.74, 6) is -4.33. The molecule has 40 heavy (non-hydrogen) atoms. The third kappa shape index (κ3) is 169. The van der Waals surface area contributed by atoms with Gasteiger partial charge in [-0.1, -0.05) is 0 Å². The molecule has 1 rings (SSSR count). The van der Waals surface area contributed by atoms with Gasteiger partial charge < -0.3 is 89.9 Å². The molecule has 1 fully saturated rings. The monoisotopic (exact) mass is 700 g/mol. The molecule has 10 N–H and O–H groups in total. The molecule has 1 heterocycles. The van der Waals surface area contributed by atoms with Gasteiger partial charge in [0.1, 0.15) is 0 Å². The van der Waals surface area contributed by atoms with Crippen LogP contribution in [0.5, 0.6) is 0 Å². The zero-order chi connectivity index (χ0) is 27.0. The molecule has 20 heteroatoms. The summed E-state index contributed by atoms with van der Waals surface area (Å²) in [7, 11) is 0. The van der Waals surface area contributed by atoms with Gasteiger partial charge in [-0.2, -0.15) is 0 Å². The molecule has 0 aromatic heterocycles. The van der Waals surface area contributed by atoms with Gasteiger partial charge in [0.15, 0.2) is 0 Å². The number of hydrogen-bond donors (Lipinski definition) is 0. The van der Waals surface area contributed by atoms with E-state index in [1.165, 1.54) is 0 Å². The van der Waals surface area contributed by atoms with Crippen molar-refractivity contribution in [2.75, 3.05) is 79.3 Å². The molecule has 0 aromatic carbocycles. The second-order valence-electron chi connectivity index (χ2n) is 5.64. The fourth-order valence-electron chi connectivity index (χ4n) is 1.32. The van der Waals surface area contributed by atoms with Gasteiger partial charge in [-0.3, -0.25) is 0 Å². The number of carboxylic acid groups (broad SMARTS) is 4. The number of hydrogen-bond acceptors (Lipinski definition) is 14. The number of aliphatic carboxylic acids is 4. The zero-order valence-corrected chi connectivity index (χ0v) is 24.8. The minimum atomic E-state index is -1.08. The van der Waals surface area contributed by atoms with Crippen molar-refractivity contribution in [1.29, 1.82) is 0 Å². The maximum atomic E-state index is 8.89. The van der Waals surface area contributed by atoms with E-state index in [1.807, 2.05) is 0 Å².